The first-order valence-electron chi connectivity index (χ1n) is 5.83. The second-order valence-corrected chi connectivity index (χ2v) is 5.89. The van der Waals surface area contributed by atoms with Crippen molar-refractivity contribution in [2.45, 2.75) is 24.4 Å². The maximum atomic E-state index is 12.7. The molecule has 0 unspecified atom stereocenters. The van der Waals surface area contributed by atoms with E-state index in [0.717, 1.165) is 32.2 Å². The van der Waals surface area contributed by atoms with Crippen LogP contribution < -0.4 is 4.72 Å². The van der Waals surface area contributed by atoms with E-state index < -0.39 is 38.2 Å². The Morgan fingerprint density at radius 3 is 2.48 bits per heavy atom. The number of hydrogen-bond acceptors (Lipinski definition) is 4. The fourth-order valence-electron chi connectivity index (χ4n) is 1.68. The lowest BCUT2D eigenvalue weighted by atomic mass is 10.1. The summed E-state index contributed by atoms with van der Waals surface area (Å²) in [6.07, 6.45) is -4.85. The van der Waals surface area contributed by atoms with Gasteiger partial charge in [-0.05, 0) is 24.6 Å². The molecule has 1 aromatic carbocycles. The molecule has 1 N–H and O–H groups in total. The highest BCUT2D eigenvalue weighted by molar-refractivity contribution is 7.89. The number of hydrogen-bond donors (Lipinski definition) is 1. The number of sulfonamides is 1. The summed E-state index contributed by atoms with van der Waals surface area (Å²) in [6, 6.07) is 2.90. The van der Waals surface area contributed by atoms with Gasteiger partial charge >= 0.3 is 12.1 Å². The monoisotopic (exact) mass is 325 g/mol. The summed E-state index contributed by atoms with van der Waals surface area (Å²) in [5, 5.41) is 0. The van der Waals surface area contributed by atoms with Crippen LogP contribution in [0.1, 0.15) is 17.5 Å². The maximum Gasteiger partial charge on any atom is 0.416 e. The second-order valence-electron chi connectivity index (χ2n) is 4.15. The Bertz CT molecular complexity index is 626. The van der Waals surface area contributed by atoms with E-state index in [9.17, 15) is 26.4 Å². The Labute approximate surface area is 120 Å². The summed E-state index contributed by atoms with van der Waals surface area (Å²) in [4.78, 5) is 10.4. The number of methoxy groups -OCH3 is 1. The number of rotatable bonds is 5. The molecule has 21 heavy (non-hydrogen) atoms. The van der Waals surface area contributed by atoms with Crippen molar-refractivity contribution >= 4 is 16.0 Å². The summed E-state index contributed by atoms with van der Waals surface area (Å²) in [7, 11) is -2.99. The maximum absolute atomic E-state index is 12.7. The molecule has 0 saturated carbocycles. The summed E-state index contributed by atoms with van der Waals surface area (Å²) in [6.45, 7) is 0.822. The molecule has 0 spiro atoms. The number of alkyl halides is 3. The average Bonchev–Trinajstić information content (AvgIpc) is 2.36. The molecule has 0 bridgehead atoms. The molecule has 0 heterocycles. The van der Waals surface area contributed by atoms with Crippen LogP contribution in [0.3, 0.4) is 0 Å². The Morgan fingerprint density at radius 2 is 1.95 bits per heavy atom. The van der Waals surface area contributed by atoms with Gasteiger partial charge in [0.05, 0.1) is 24.0 Å². The van der Waals surface area contributed by atoms with Gasteiger partial charge in [0.15, 0.2) is 0 Å². The van der Waals surface area contributed by atoms with E-state index in [1.165, 1.54) is 0 Å². The minimum absolute atomic E-state index is 0.215. The van der Waals surface area contributed by atoms with Gasteiger partial charge in [0, 0.05) is 6.54 Å². The zero-order valence-corrected chi connectivity index (χ0v) is 12.1. The number of carbonyl (C=O) groups excluding carboxylic acids is 1. The van der Waals surface area contributed by atoms with Gasteiger partial charge in [-0.25, -0.2) is 13.1 Å². The number of esters is 1. The van der Waals surface area contributed by atoms with Gasteiger partial charge in [0.2, 0.25) is 10.0 Å². The summed E-state index contributed by atoms with van der Waals surface area (Å²) in [5.41, 5.74) is -1.41. The first-order valence-corrected chi connectivity index (χ1v) is 7.31. The predicted octanol–water partition coefficient (Wildman–Crippen LogP) is 1.86. The van der Waals surface area contributed by atoms with Crippen molar-refractivity contribution in [1.29, 1.82) is 0 Å². The van der Waals surface area contributed by atoms with Crippen LogP contribution >= 0.6 is 0 Å². The lowest BCUT2D eigenvalue weighted by molar-refractivity contribution is -0.140. The van der Waals surface area contributed by atoms with E-state index in [-0.39, 0.29) is 13.0 Å². The predicted molar refractivity (Wildman–Crippen MR) is 68.0 cm³/mol. The normalized spacial score (nSPS) is 12.2. The molecule has 1 rings (SSSR count). The molecule has 0 saturated heterocycles. The Hall–Kier alpha value is -1.61. The van der Waals surface area contributed by atoms with Crippen LogP contribution in [0, 0.1) is 6.92 Å². The Balaban J connectivity index is 3.02. The van der Waals surface area contributed by atoms with Crippen molar-refractivity contribution in [2.75, 3.05) is 13.7 Å². The van der Waals surface area contributed by atoms with Gasteiger partial charge in [-0.3, -0.25) is 4.79 Å². The lowest BCUT2D eigenvalue weighted by Crippen LogP contribution is -2.27. The molecule has 0 aromatic heterocycles. The summed E-state index contributed by atoms with van der Waals surface area (Å²) in [5.74, 6) is -0.626. The van der Waals surface area contributed by atoms with Crippen LogP contribution in [0.25, 0.3) is 0 Å². The third kappa shape index (κ3) is 4.43. The molecule has 0 atom stereocenters. The molecule has 0 aliphatic heterocycles. The molecule has 0 aliphatic carbocycles. The molecular formula is C12H14F3NO4S. The van der Waals surface area contributed by atoms with Crippen molar-refractivity contribution in [3.63, 3.8) is 0 Å². The standard InChI is InChI=1S/C12H14F3NO4S/c1-8-9(12(13,14)15)4-3-5-10(8)21(18,19)16-7-6-11(17)20-2/h3-5,16H,6-7H2,1-2H3. The van der Waals surface area contributed by atoms with Crippen LogP contribution in [-0.4, -0.2) is 28.0 Å². The van der Waals surface area contributed by atoms with Crippen molar-refractivity contribution in [3.05, 3.63) is 29.3 Å². The third-order valence-corrected chi connectivity index (χ3v) is 4.33. The first kappa shape index (κ1) is 17.4. The summed E-state index contributed by atoms with van der Waals surface area (Å²) < 4.78 is 68.6. The minimum atomic E-state index is -4.64. The summed E-state index contributed by atoms with van der Waals surface area (Å²) >= 11 is 0. The molecule has 1 aromatic rings. The SMILES string of the molecule is COC(=O)CCNS(=O)(=O)c1cccc(C(F)(F)F)c1C. The smallest absolute Gasteiger partial charge is 0.416 e. The molecular weight excluding hydrogens is 311 g/mol. The second kappa shape index (κ2) is 6.44. The van der Waals surface area contributed by atoms with Crippen molar-refractivity contribution in [2.24, 2.45) is 0 Å². The van der Waals surface area contributed by atoms with E-state index in [0.29, 0.717) is 0 Å². The molecule has 118 valence electrons. The van der Waals surface area contributed by atoms with Gasteiger partial charge in [-0.2, -0.15) is 13.2 Å². The van der Waals surface area contributed by atoms with Crippen LogP contribution in [0.5, 0.6) is 0 Å². The van der Waals surface area contributed by atoms with Crippen molar-refractivity contribution in [1.82, 2.24) is 4.72 Å². The van der Waals surface area contributed by atoms with Crippen molar-refractivity contribution < 1.29 is 31.1 Å². The van der Waals surface area contributed by atoms with Gasteiger partial charge in [0.25, 0.3) is 0 Å². The zero-order valence-electron chi connectivity index (χ0n) is 11.3. The molecule has 0 fully saturated rings. The number of ether oxygens (including phenoxy) is 1. The lowest BCUT2D eigenvalue weighted by Gasteiger charge is -2.14. The molecule has 0 aliphatic rings. The van der Waals surface area contributed by atoms with Crippen LogP contribution in [0.15, 0.2) is 23.1 Å². The van der Waals surface area contributed by atoms with Gasteiger partial charge in [-0.15, -0.1) is 0 Å². The molecule has 0 radical (unpaired) electrons. The van der Waals surface area contributed by atoms with Crippen LogP contribution in [-0.2, 0) is 25.7 Å². The fourth-order valence-corrected chi connectivity index (χ4v) is 2.98. The average molecular weight is 325 g/mol. The third-order valence-electron chi connectivity index (χ3n) is 2.73. The largest absolute Gasteiger partial charge is 0.469 e. The van der Waals surface area contributed by atoms with Crippen molar-refractivity contribution in [3.8, 4) is 0 Å². The number of benzene rings is 1. The van der Waals surface area contributed by atoms with E-state index in [1.807, 2.05) is 0 Å². The minimum Gasteiger partial charge on any atom is -0.469 e. The van der Waals surface area contributed by atoms with Gasteiger partial charge in [-0.1, -0.05) is 6.07 Å². The highest BCUT2D eigenvalue weighted by atomic mass is 32.2. The highest BCUT2D eigenvalue weighted by Gasteiger charge is 2.34. The highest BCUT2D eigenvalue weighted by Crippen LogP contribution is 2.34. The number of nitrogens with one attached hydrogen (secondary N) is 1. The molecule has 0 amide bonds. The molecule has 5 nitrogen and oxygen atoms in total. The first-order chi connectivity index (χ1) is 9.59. The Morgan fingerprint density at radius 1 is 1.33 bits per heavy atom. The van der Waals surface area contributed by atoms with E-state index in [1.54, 1.807) is 0 Å². The number of carbonyl (C=O) groups is 1. The quantitative estimate of drug-likeness (QED) is 0.839. The van der Waals surface area contributed by atoms with Crippen LogP contribution in [0.4, 0.5) is 13.2 Å². The van der Waals surface area contributed by atoms with E-state index >= 15 is 0 Å². The molecule has 9 heteroatoms. The fraction of sp³-hybridized carbons (Fsp3) is 0.417. The zero-order chi connectivity index (χ0) is 16.3. The topological polar surface area (TPSA) is 72.5 Å². The van der Waals surface area contributed by atoms with Gasteiger partial charge in [0.1, 0.15) is 0 Å². The van der Waals surface area contributed by atoms with Gasteiger partial charge < -0.3 is 4.74 Å². The van der Waals surface area contributed by atoms with Crippen LogP contribution in [0.2, 0.25) is 0 Å². The number of halogens is 3. The van der Waals surface area contributed by atoms with E-state index in [2.05, 4.69) is 9.46 Å². The Kier molecular flexibility index (Phi) is 5.35. The van der Waals surface area contributed by atoms with E-state index in [4.69, 9.17) is 0 Å².